The van der Waals surface area contributed by atoms with Gasteiger partial charge < -0.3 is 15.5 Å². The Kier molecular flexibility index (Phi) is 9.54. The molecule has 1 aromatic rings. The van der Waals surface area contributed by atoms with E-state index in [1.807, 2.05) is 19.0 Å². The first-order valence-electron chi connectivity index (χ1n) is 10.2. The van der Waals surface area contributed by atoms with Crippen molar-refractivity contribution in [3.05, 3.63) is 29.3 Å². The van der Waals surface area contributed by atoms with Crippen LogP contribution in [0.25, 0.3) is 0 Å². The third kappa shape index (κ3) is 7.23. The van der Waals surface area contributed by atoms with E-state index in [1.54, 1.807) is 12.1 Å². The second-order valence-corrected chi connectivity index (χ2v) is 10.0. The quantitative estimate of drug-likeness (QED) is 0.431. The normalized spacial score (nSPS) is 17.7. The fourth-order valence-electron chi connectivity index (χ4n) is 3.43. The third-order valence-electron chi connectivity index (χ3n) is 5.03. The topological polar surface area (TPSA) is 98.8 Å². The molecule has 10 heteroatoms. The zero-order valence-electron chi connectivity index (χ0n) is 17.6. The minimum atomic E-state index is -3.64. The summed E-state index contributed by atoms with van der Waals surface area (Å²) in [5.41, 5.74) is 0. The Hall–Kier alpha value is -1.68. The van der Waals surface area contributed by atoms with Crippen LogP contribution in [0.5, 0.6) is 0 Å². The molecule has 0 bridgehead atoms. The van der Waals surface area contributed by atoms with Crippen LogP contribution in [0.2, 0.25) is 5.02 Å². The Morgan fingerprint density at radius 1 is 1.10 bits per heavy atom. The predicted octanol–water partition coefficient (Wildman–Crippen LogP) is 1.46. The fraction of sp³-hybridized carbons (Fsp3) is 0.600. The maximum Gasteiger partial charge on any atom is 0.309 e. The lowest BCUT2D eigenvalue weighted by Crippen LogP contribution is -2.46. The van der Waals surface area contributed by atoms with Gasteiger partial charge in [-0.05, 0) is 70.6 Å². The minimum Gasteiger partial charge on any atom is -0.348 e. The monoisotopic (exact) mass is 458 g/mol. The average molecular weight is 459 g/mol. The predicted molar refractivity (Wildman–Crippen MR) is 117 cm³/mol. The smallest absolute Gasteiger partial charge is 0.309 e. The Labute approximate surface area is 184 Å². The van der Waals surface area contributed by atoms with Crippen LogP contribution in [-0.2, 0) is 19.6 Å². The van der Waals surface area contributed by atoms with Gasteiger partial charge in [0.1, 0.15) is 0 Å². The van der Waals surface area contributed by atoms with Gasteiger partial charge in [-0.3, -0.25) is 9.59 Å². The number of halogens is 1. The third-order valence-corrected chi connectivity index (χ3v) is 7.25. The number of hydrogen-bond acceptors (Lipinski definition) is 5. The number of carbonyl (C=O) groups is 2. The molecule has 1 saturated heterocycles. The summed E-state index contributed by atoms with van der Waals surface area (Å²) in [6.45, 7) is 1.93. The van der Waals surface area contributed by atoms with Crippen molar-refractivity contribution in [1.29, 1.82) is 0 Å². The molecule has 1 heterocycles. The molecule has 8 nitrogen and oxygen atoms in total. The number of nitrogens with one attached hydrogen (secondary N) is 2. The summed E-state index contributed by atoms with van der Waals surface area (Å²) in [6, 6.07) is 5.91. The molecule has 2 N–H and O–H groups in total. The molecule has 0 saturated carbocycles. The number of sulfonamides is 1. The van der Waals surface area contributed by atoms with Gasteiger partial charge in [-0.15, -0.1) is 0 Å². The van der Waals surface area contributed by atoms with E-state index in [0.29, 0.717) is 24.5 Å². The SMILES string of the molecule is CN(C)CCCNC(=O)C(=O)NCCC1CCCCN1S(=O)(=O)c1ccc(Cl)cc1. The first kappa shape index (κ1) is 24.6. The van der Waals surface area contributed by atoms with E-state index in [4.69, 9.17) is 11.6 Å². The van der Waals surface area contributed by atoms with Crippen molar-refractivity contribution in [3.63, 3.8) is 0 Å². The molecule has 1 aliphatic rings. The van der Waals surface area contributed by atoms with Crippen LogP contribution in [0.15, 0.2) is 29.2 Å². The van der Waals surface area contributed by atoms with Gasteiger partial charge in [0.2, 0.25) is 10.0 Å². The highest BCUT2D eigenvalue weighted by Crippen LogP contribution is 2.27. The minimum absolute atomic E-state index is 0.208. The summed E-state index contributed by atoms with van der Waals surface area (Å²) in [5, 5.41) is 5.67. The first-order valence-corrected chi connectivity index (χ1v) is 12.0. The van der Waals surface area contributed by atoms with E-state index in [1.165, 1.54) is 16.4 Å². The lowest BCUT2D eigenvalue weighted by molar-refractivity contribution is -0.139. The van der Waals surface area contributed by atoms with Gasteiger partial charge in [0, 0.05) is 30.7 Å². The molecule has 0 spiro atoms. The van der Waals surface area contributed by atoms with Gasteiger partial charge in [-0.25, -0.2) is 8.42 Å². The highest BCUT2D eigenvalue weighted by Gasteiger charge is 2.33. The molecule has 0 radical (unpaired) electrons. The molecule has 1 unspecified atom stereocenters. The van der Waals surface area contributed by atoms with Gasteiger partial charge in [0.25, 0.3) is 0 Å². The van der Waals surface area contributed by atoms with Crippen molar-refractivity contribution in [3.8, 4) is 0 Å². The van der Waals surface area contributed by atoms with E-state index in [2.05, 4.69) is 10.6 Å². The van der Waals surface area contributed by atoms with Gasteiger partial charge in [0.15, 0.2) is 0 Å². The summed E-state index contributed by atoms with van der Waals surface area (Å²) in [4.78, 5) is 26.0. The largest absolute Gasteiger partial charge is 0.348 e. The van der Waals surface area contributed by atoms with Gasteiger partial charge in [-0.1, -0.05) is 18.0 Å². The van der Waals surface area contributed by atoms with Crippen LogP contribution >= 0.6 is 11.6 Å². The highest BCUT2D eigenvalue weighted by atomic mass is 35.5. The van der Waals surface area contributed by atoms with Crippen molar-refractivity contribution in [2.24, 2.45) is 0 Å². The molecule has 1 fully saturated rings. The molecular formula is C20H31ClN4O4S. The van der Waals surface area contributed by atoms with Crippen molar-refractivity contribution in [2.45, 2.75) is 43.0 Å². The van der Waals surface area contributed by atoms with Crippen LogP contribution in [0.1, 0.15) is 32.1 Å². The lowest BCUT2D eigenvalue weighted by atomic mass is 10.0. The molecule has 1 aromatic carbocycles. The second-order valence-electron chi connectivity index (χ2n) is 7.68. The van der Waals surface area contributed by atoms with Crippen molar-refractivity contribution in [2.75, 3.05) is 40.3 Å². The number of nitrogens with zero attached hydrogens (tertiary/aromatic N) is 2. The van der Waals surface area contributed by atoms with Crippen LogP contribution in [-0.4, -0.2) is 75.8 Å². The Bertz CT molecular complexity index is 815. The lowest BCUT2D eigenvalue weighted by Gasteiger charge is -2.34. The van der Waals surface area contributed by atoms with Gasteiger partial charge >= 0.3 is 11.8 Å². The van der Waals surface area contributed by atoms with Crippen LogP contribution in [0.4, 0.5) is 0 Å². The molecule has 30 heavy (non-hydrogen) atoms. The van der Waals surface area contributed by atoms with Crippen LogP contribution in [0, 0.1) is 0 Å². The molecule has 2 amide bonds. The number of carbonyl (C=O) groups excluding carboxylic acids is 2. The zero-order valence-corrected chi connectivity index (χ0v) is 19.1. The Morgan fingerprint density at radius 2 is 1.73 bits per heavy atom. The van der Waals surface area contributed by atoms with Gasteiger partial charge in [-0.2, -0.15) is 4.31 Å². The van der Waals surface area contributed by atoms with Gasteiger partial charge in [0.05, 0.1) is 4.90 Å². The molecular weight excluding hydrogens is 428 g/mol. The standard InChI is InChI=1S/C20H31ClN4O4S/c1-24(2)14-5-12-22-19(26)20(27)23-13-11-17-6-3-4-15-25(17)30(28,29)18-9-7-16(21)8-10-18/h7-10,17H,3-6,11-15H2,1-2H3,(H,22,26)(H,23,27). The summed E-state index contributed by atoms with van der Waals surface area (Å²) in [5.74, 6) is -1.36. The maximum absolute atomic E-state index is 13.0. The van der Waals surface area contributed by atoms with Crippen molar-refractivity contribution < 1.29 is 18.0 Å². The molecule has 0 aromatic heterocycles. The zero-order chi connectivity index (χ0) is 22.1. The summed E-state index contributed by atoms with van der Waals surface area (Å²) < 4.78 is 27.6. The molecule has 0 aliphatic carbocycles. The summed E-state index contributed by atoms with van der Waals surface area (Å²) >= 11 is 5.87. The van der Waals surface area contributed by atoms with E-state index in [0.717, 1.165) is 32.2 Å². The number of rotatable bonds is 9. The van der Waals surface area contributed by atoms with Crippen molar-refractivity contribution >= 4 is 33.4 Å². The number of piperidine rings is 1. The maximum atomic E-state index is 13.0. The number of amides is 2. The number of hydrogen-bond donors (Lipinski definition) is 2. The Morgan fingerprint density at radius 3 is 2.37 bits per heavy atom. The molecule has 1 aliphatic heterocycles. The summed E-state index contributed by atoms with van der Waals surface area (Å²) in [7, 11) is 0.243. The number of benzene rings is 1. The first-order chi connectivity index (χ1) is 14.2. The van der Waals surface area contributed by atoms with E-state index in [9.17, 15) is 18.0 Å². The molecule has 2 rings (SSSR count). The van der Waals surface area contributed by atoms with E-state index in [-0.39, 0.29) is 17.5 Å². The van der Waals surface area contributed by atoms with Crippen LogP contribution in [0.3, 0.4) is 0 Å². The fourth-order valence-corrected chi connectivity index (χ4v) is 5.28. The average Bonchev–Trinajstić information content (AvgIpc) is 2.71. The second kappa shape index (κ2) is 11.6. The van der Waals surface area contributed by atoms with E-state index >= 15 is 0 Å². The Balaban J connectivity index is 1.86. The molecule has 1 atom stereocenters. The molecule has 168 valence electrons. The van der Waals surface area contributed by atoms with Crippen molar-refractivity contribution in [1.82, 2.24) is 19.8 Å². The van der Waals surface area contributed by atoms with E-state index < -0.39 is 21.8 Å². The highest BCUT2D eigenvalue weighted by molar-refractivity contribution is 7.89. The van der Waals surface area contributed by atoms with Crippen LogP contribution < -0.4 is 10.6 Å². The summed E-state index contributed by atoms with van der Waals surface area (Å²) in [6.07, 6.45) is 3.65.